The average Bonchev–Trinajstić information content (AvgIpc) is 2.49. The summed E-state index contributed by atoms with van der Waals surface area (Å²) in [6, 6.07) is 0.780. The molecule has 2 aliphatic rings. The molecule has 0 amide bonds. The van der Waals surface area contributed by atoms with Gasteiger partial charge in [-0.25, -0.2) is 0 Å². The minimum atomic E-state index is 0.772. The zero-order chi connectivity index (χ0) is 15.1. The van der Waals surface area contributed by atoms with Gasteiger partial charge in [0.15, 0.2) is 5.96 Å². The normalized spacial score (nSPS) is 26.3. The Kier molecular flexibility index (Phi) is 6.81. The number of rotatable bonds is 5. The van der Waals surface area contributed by atoms with Gasteiger partial charge in [-0.3, -0.25) is 4.99 Å². The summed E-state index contributed by atoms with van der Waals surface area (Å²) in [6.07, 6.45) is 9.08. The van der Waals surface area contributed by atoms with E-state index in [1.54, 1.807) is 0 Å². The first-order valence-corrected chi connectivity index (χ1v) is 8.95. The van der Waals surface area contributed by atoms with Gasteiger partial charge in [0.2, 0.25) is 0 Å². The molecule has 0 spiro atoms. The Labute approximate surface area is 130 Å². The van der Waals surface area contributed by atoms with Crippen molar-refractivity contribution < 1.29 is 0 Å². The summed E-state index contributed by atoms with van der Waals surface area (Å²) >= 11 is 0. The summed E-state index contributed by atoms with van der Waals surface area (Å²) in [5, 5.41) is 0. The number of hydrogen-bond donors (Lipinski definition) is 1. The number of guanidine groups is 1. The van der Waals surface area contributed by atoms with Crippen molar-refractivity contribution in [2.75, 3.05) is 32.7 Å². The number of hydrogen-bond acceptors (Lipinski definition) is 2. The molecule has 21 heavy (non-hydrogen) atoms. The Hall–Kier alpha value is -0.770. The van der Waals surface area contributed by atoms with Crippen molar-refractivity contribution in [3.05, 3.63) is 0 Å². The Morgan fingerprint density at radius 3 is 2.52 bits per heavy atom. The maximum atomic E-state index is 6.11. The lowest BCUT2D eigenvalue weighted by Gasteiger charge is -2.33. The van der Waals surface area contributed by atoms with Crippen LogP contribution in [0.15, 0.2) is 4.99 Å². The van der Waals surface area contributed by atoms with Crippen LogP contribution in [0.25, 0.3) is 0 Å². The van der Waals surface area contributed by atoms with Crippen LogP contribution in [0.4, 0.5) is 0 Å². The molecule has 2 saturated heterocycles. The first-order valence-electron chi connectivity index (χ1n) is 8.95. The number of nitrogens with two attached hydrogens (primary N) is 1. The molecule has 2 rings (SSSR count). The Bertz CT molecular complexity index is 321. The highest BCUT2D eigenvalue weighted by molar-refractivity contribution is 5.78. The van der Waals surface area contributed by atoms with Gasteiger partial charge in [0.1, 0.15) is 0 Å². The van der Waals surface area contributed by atoms with Gasteiger partial charge in [-0.05, 0) is 64.5 Å². The zero-order valence-corrected chi connectivity index (χ0v) is 14.1. The monoisotopic (exact) mass is 294 g/mol. The summed E-state index contributed by atoms with van der Waals surface area (Å²) in [7, 11) is 0. The van der Waals surface area contributed by atoms with Gasteiger partial charge >= 0.3 is 0 Å². The largest absolute Gasteiger partial charge is 0.370 e. The van der Waals surface area contributed by atoms with Crippen molar-refractivity contribution in [3.63, 3.8) is 0 Å². The van der Waals surface area contributed by atoms with Crippen LogP contribution in [0.1, 0.15) is 58.8 Å². The molecular formula is C17H34N4. The van der Waals surface area contributed by atoms with Crippen molar-refractivity contribution in [2.24, 2.45) is 16.6 Å². The van der Waals surface area contributed by atoms with Crippen LogP contribution >= 0.6 is 0 Å². The predicted octanol–water partition coefficient (Wildman–Crippen LogP) is 2.69. The molecule has 4 nitrogen and oxygen atoms in total. The molecule has 122 valence electrons. The first-order chi connectivity index (χ1) is 10.2. The molecule has 0 aromatic rings. The number of unbranched alkanes of at least 4 members (excludes halogenated alkanes) is 1. The molecule has 2 N–H and O–H groups in total. The number of piperidine rings is 2. The zero-order valence-electron chi connectivity index (χ0n) is 14.1. The summed E-state index contributed by atoms with van der Waals surface area (Å²) in [5.74, 6) is 1.62. The molecule has 4 heteroatoms. The van der Waals surface area contributed by atoms with Gasteiger partial charge in [-0.1, -0.05) is 13.3 Å². The van der Waals surface area contributed by atoms with E-state index in [4.69, 9.17) is 5.73 Å². The quantitative estimate of drug-likeness (QED) is 0.482. The van der Waals surface area contributed by atoms with E-state index in [9.17, 15) is 0 Å². The highest BCUT2D eigenvalue weighted by Gasteiger charge is 2.18. The van der Waals surface area contributed by atoms with Crippen molar-refractivity contribution in [2.45, 2.75) is 64.8 Å². The molecular weight excluding hydrogens is 260 g/mol. The molecule has 1 unspecified atom stereocenters. The topological polar surface area (TPSA) is 44.9 Å². The second-order valence-corrected chi connectivity index (χ2v) is 7.00. The molecule has 1 atom stereocenters. The lowest BCUT2D eigenvalue weighted by Crippen LogP contribution is -2.42. The maximum absolute atomic E-state index is 6.11. The lowest BCUT2D eigenvalue weighted by atomic mass is 10.00. The molecule has 0 aromatic carbocycles. The van der Waals surface area contributed by atoms with Crippen molar-refractivity contribution in [3.8, 4) is 0 Å². The van der Waals surface area contributed by atoms with E-state index in [0.29, 0.717) is 0 Å². The maximum Gasteiger partial charge on any atom is 0.191 e. The first kappa shape index (κ1) is 16.6. The van der Waals surface area contributed by atoms with E-state index in [-0.39, 0.29) is 0 Å². The van der Waals surface area contributed by atoms with Gasteiger partial charge < -0.3 is 15.5 Å². The van der Waals surface area contributed by atoms with E-state index < -0.39 is 0 Å². The average molecular weight is 294 g/mol. The fourth-order valence-corrected chi connectivity index (χ4v) is 3.45. The van der Waals surface area contributed by atoms with E-state index in [0.717, 1.165) is 44.0 Å². The Morgan fingerprint density at radius 1 is 1.05 bits per heavy atom. The van der Waals surface area contributed by atoms with Crippen molar-refractivity contribution in [1.82, 2.24) is 9.80 Å². The predicted molar refractivity (Wildman–Crippen MR) is 90.6 cm³/mol. The molecule has 2 aliphatic heterocycles. The van der Waals surface area contributed by atoms with Crippen LogP contribution in [0.5, 0.6) is 0 Å². The lowest BCUT2D eigenvalue weighted by molar-refractivity contribution is 0.158. The smallest absolute Gasteiger partial charge is 0.191 e. The fraction of sp³-hybridized carbons (Fsp3) is 0.941. The number of aliphatic imine (C=N–C) groups is 1. The number of nitrogens with zero attached hydrogens (tertiary/aromatic N) is 3. The Balaban J connectivity index is 1.59. The third-order valence-corrected chi connectivity index (χ3v) is 5.18. The summed E-state index contributed by atoms with van der Waals surface area (Å²) in [5.41, 5.74) is 6.11. The van der Waals surface area contributed by atoms with Gasteiger partial charge in [-0.15, -0.1) is 0 Å². The minimum absolute atomic E-state index is 0.772. The third-order valence-electron chi connectivity index (χ3n) is 5.18. The number of likely N-dealkylation sites (tertiary alicyclic amines) is 2. The SMILES string of the molecule is CC1CCN(C(N)=NCCCCN2CCCCC2C)CC1. The van der Waals surface area contributed by atoms with Gasteiger partial charge in [0, 0.05) is 25.7 Å². The van der Waals surface area contributed by atoms with E-state index in [1.165, 1.54) is 51.6 Å². The van der Waals surface area contributed by atoms with Crippen LogP contribution in [-0.4, -0.2) is 54.5 Å². The molecule has 0 radical (unpaired) electrons. The van der Waals surface area contributed by atoms with E-state index >= 15 is 0 Å². The van der Waals surface area contributed by atoms with E-state index in [1.807, 2.05) is 0 Å². The second-order valence-electron chi connectivity index (χ2n) is 7.00. The van der Waals surface area contributed by atoms with Crippen LogP contribution in [-0.2, 0) is 0 Å². The fourth-order valence-electron chi connectivity index (χ4n) is 3.45. The second kappa shape index (κ2) is 8.62. The summed E-state index contributed by atoms with van der Waals surface area (Å²) in [6.45, 7) is 10.3. The molecule has 0 saturated carbocycles. The van der Waals surface area contributed by atoms with Gasteiger partial charge in [-0.2, -0.15) is 0 Å². The highest BCUT2D eigenvalue weighted by atomic mass is 15.3. The highest BCUT2D eigenvalue weighted by Crippen LogP contribution is 2.17. The summed E-state index contributed by atoms with van der Waals surface area (Å²) < 4.78 is 0. The third kappa shape index (κ3) is 5.50. The standard InChI is InChI=1S/C17H34N4/c1-15-8-13-21(14-9-15)17(18)19-10-4-6-12-20-11-5-3-7-16(20)2/h15-16H,3-14H2,1-2H3,(H2,18,19). The van der Waals surface area contributed by atoms with Gasteiger partial charge in [0.25, 0.3) is 0 Å². The van der Waals surface area contributed by atoms with Crippen LogP contribution in [0, 0.1) is 5.92 Å². The molecule has 2 fully saturated rings. The minimum Gasteiger partial charge on any atom is -0.370 e. The molecule has 0 bridgehead atoms. The molecule has 0 aliphatic carbocycles. The van der Waals surface area contributed by atoms with Crippen molar-refractivity contribution in [1.29, 1.82) is 0 Å². The summed E-state index contributed by atoms with van der Waals surface area (Å²) in [4.78, 5) is 9.47. The van der Waals surface area contributed by atoms with E-state index in [2.05, 4.69) is 28.6 Å². The molecule has 0 aromatic heterocycles. The van der Waals surface area contributed by atoms with Crippen LogP contribution in [0.2, 0.25) is 0 Å². The van der Waals surface area contributed by atoms with Gasteiger partial charge in [0.05, 0.1) is 0 Å². The van der Waals surface area contributed by atoms with Crippen LogP contribution in [0.3, 0.4) is 0 Å². The van der Waals surface area contributed by atoms with Crippen LogP contribution < -0.4 is 5.73 Å². The Morgan fingerprint density at radius 2 is 1.81 bits per heavy atom. The van der Waals surface area contributed by atoms with Crippen molar-refractivity contribution >= 4 is 5.96 Å². The molecule has 2 heterocycles.